The van der Waals surface area contributed by atoms with Crippen LogP contribution in [0.2, 0.25) is 10.0 Å². The van der Waals surface area contributed by atoms with E-state index in [9.17, 15) is 18.0 Å². The third kappa shape index (κ3) is 7.68. The number of methoxy groups -OCH3 is 1. The number of nitrogens with one attached hydrogen (secondary N) is 1. The Labute approximate surface area is 245 Å². The van der Waals surface area contributed by atoms with Gasteiger partial charge in [-0.15, -0.1) is 0 Å². The molecule has 0 aliphatic carbocycles. The summed E-state index contributed by atoms with van der Waals surface area (Å²) in [5.74, 6) is -0.396. The van der Waals surface area contributed by atoms with Gasteiger partial charge in [-0.1, -0.05) is 67.4 Å². The molecule has 0 spiro atoms. The summed E-state index contributed by atoms with van der Waals surface area (Å²) in [6.07, 6.45) is 0. The molecule has 40 heavy (non-hydrogen) atoms. The minimum Gasteiger partial charge on any atom is -0.497 e. The Morgan fingerprint density at radius 3 is 2.15 bits per heavy atom. The highest BCUT2D eigenvalue weighted by Crippen LogP contribution is 2.29. The lowest BCUT2D eigenvalue weighted by Gasteiger charge is -2.32. The van der Waals surface area contributed by atoms with Crippen LogP contribution in [0.3, 0.4) is 0 Å². The van der Waals surface area contributed by atoms with Crippen molar-refractivity contribution in [3.63, 3.8) is 0 Å². The minimum atomic E-state index is -4.19. The highest BCUT2D eigenvalue weighted by atomic mass is 35.5. The van der Waals surface area contributed by atoms with Gasteiger partial charge in [0, 0.05) is 34.8 Å². The number of ether oxygens (including phenoxy) is 1. The molecule has 3 aromatic rings. The number of hydrogen-bond donors (Lipinski definition) is 1. The third-order valence-electron chi connectivity index (χ3n) is 6.19. The number of carbonyl (C=O) groups excluding carboxylic acids is 2. The maximum atomic E-state index is 14.0. The van der Waals surface area contributed by atoms with Gasteiger partial charge in [-0.3, -0.25) is 13.9 Å². The summed E-state index contributed by atoms with van der Waals surface area (Å²) in [7, 11) is -2.72. The van der Waals surface area contributed by atoms with Crippen molar-refractivity contribution < 1.29 is 22.7 Å². The normalized spacial score (nSPS) is 12.1. The maximum Gasteiger partial charge on any atom is 0.264 e. The number of sulfonamides is 1. The van der Waals surface area contributed by atoms with Gasteiger partial charge in [-0.25, -0.2) is 8.42 Å². The zero-order valence-corrected chi connectivity index (χ0v) is 25.1. The molecule has 0 unspecified atom stereocenters. The van der Waals surface area contributed by atoms with E-state index in [4.69, 9.17) is 27.9 Å². The topological polar surface area (TPSA) is 96.0 Å². The van der Waals surface area contributed by atoms with E-state index in [1.54, 1.807) is 61.5 Å². The van der Waals surface area contributed by atoms with E-state index in [2.05, 4.69) is 5.32 Å². The molecule has 0 saturated carbocycles. The lowest BCUT2D eigenvalue weighted by molar-refractivity contribution is -0.139. The van der Waals surface area contributed by atoms with Crippen molar-refractivity contribution in [2.24, 2.45) is 5.92 Å². The molecule has 0 saturated heterocycles. The average Bonchev–Trinajstić information content (AvgIpc) is 2.94. The molecule has 0 aliphatic rings. The van der Waals surface area contributed by atoms with Crippen molar-refractivity contribution in [1.29, 1.82) is 0 Å². The van der Waals surface area contributed by atoms with Crippen LogP contribution in [-0.4, -0.2) is 51.4 Å². The Balaban J connectivity index is 2.06. The number of hydrogen-bond acceptors (Lipinski definition) is 5. The monoisotopic (exact) mass is 605 g/mol. The minimum absolute atomic E-state index is 0.00837. The Morgan fingerprint density at radius 1 is 0.925 bits per heavy atom. The summed E-state index contributed by atoms with van der Waals surface area (Å²) in [6.45, 7) is 5.21. The van der Waals surface area contributed by atoms with Crippen LogP contribution in [-0.2, 0) is 26.2 Å². The smallest absolute Gasteiger partial charge is 0.264 e. The predicted molar refractivity (Wildman–Crippen MR) is 158 cm³/mol. The molecule has 0 aliphatic heterocycles. The van der Waals surface area contributed by atoms with E-state index in [1.807, 2.05) is 13.8 Å². The highest BCUT2D eigenvalue weighted by Gasteiger charge is 2.33. The zero-order chi connectivity index (χ0) is 29.4. The molecule has 1 atom stereocenters. The van der Waals surface area contributed by atoms with Crippen LogP contribution in [0.15, 0.2) is 77.7 Å². The van der Waals surface area contributed by atoms with Gasteiger partial charge in [-0.2, -0.15) is 0 Å². The van der Waals surface area contributed by atoms with Crippen molar-refractivity contribution in [2.45, 2.75) is 38.3 Å². The summed E-state index contributed by atoms with van der Waals surface area (Å²) < 4.78 is 34.0. The molecule has 0 bridgehead atoms. The summed E-state index contributed by atoms with van der Waals surface area (Å²) in [4.78, 5) is 28.4. The average molecular weight is 607 g/mol. The van der Waals surface area contributed by atoms with Gasteiger partial charge in [0.05, 0.1) is 17.7 Å². The highest BCUT2D eigenvalue weighted by molar-refractivity contribution is 7.92. The van der Waals surface area contributed by atoms with E-state index in [-0.39, 0.29) is 29.0 Å². The first-order chi connectivity index (χ1) is 18.9. The fourth-order valence-electron chi connectivity index (χ4n) is 3.90. The number of halogens is 2. The lowest BCUT2D eigenvalue weighted by Crippen LogP contribution is -2.51. The third-order valence-corrected chi connectivity index (χ3v) is 8.69. The molecule has 3 rings (SSSR count). The molecule has 0 aromatic heterocycles. The summed E-state index contributed by atoms with van der Waals surface area (Å²) in [5, 5.41) is 3.48. The number of benzene rings is 3. The first-order valence-electron chi connectivity index (χ1n) is 12.7. The molecule has 0 radical (unpaired) electrons. The largest absolute Gasteiger partial charge is 0.497 e. The fourth-order valence-corrected chi connectivity index (χ4v) is 5.85. The van der Waals surface area contributed by atoms with E-state index in [1.165, 1.54) is 30.2 Å². The van der Waals surface area contributed by atoms with Gasteiger partial charge >= 0.3 is 0 Å². The molecule has 0 fully saturated rings. The van der Waals surface area contributed by atoms with Crippen LogP contribution in [0.1, 0.15) is 26.3 Å². The maximum absolute atomic E-state index is 14.0. The SMILES string of the molecule is COc1cccc(N(CC(=O)N(Cc2c(Cl)cccc2Cl)[C@H](C)C(=O)NCC(C)C)S(=O)(=O)c2ccccc2)c1. The Bertz CT molecular complexity index is 1410. The first kappa shape index (κ1) is 31.3. The standard InChI is InChI=1S/C29H33Cl2N3O5S/c1-20(2)17-32-29(36)21(3)33(18-25-26(30)14-9-15-27(25)31)28(35)19-34(22-10-8-11-23(16-22)39-4)40(37,38)24-12-6-5-7-13-24/h5-16,20-21H,17-19H2,1-4H3,(H,32,36)/t21-/m1/s1. The van der Waals surface area contributed by atoms with Crippen LogP contribution < -0.4 is 14.4 Å². The molecule has 3 aromatic carbocycles. The molecule has 0 heterocycles. The molecular weight excluding hydrogens is 573 g/mol. The second-order valence-electron chi connectivity index (χ2n) is 9.56. The van der Waals surface area contributed by atoms with Crippen LogP contribution in [0, 0.1) is 5.92 Å². The van der Waals surface area contributed by atoms with E-state index in [0.717, 1.165) is 4.31 Å². The van der Waals surface area contributed by atoms with Crippen LogP contribution in [0.4, 0.5) is 5.69 Å². The molecule has 1 N–H and O–H groups in total. The number of carbonyl (C=O) groups is 2. The number of anilines is 1. The predicted octanol–water partition coefficient (Wildman–Crippen LogP) is 5.39. The quantitative estimate of drug-likeness (QED) is 0.299. The van der Waals surface area contributed by atoms with Crippen molar-refractivity contribution >= 4 is 50.7 Å². The molecular formula is C29H33Cl2N3O5S. The van der Waals surface area contributed by atoms with Crippen molar-refractivity contribution in [3.8, 4) is 5.75 Å². The molecule has 8 nitrogen and oxygen atoms in total. The van der Waals surface area contributed by atoms with Crippen molar-refractivity contribution in [3.05, 3.63) is 88.4 Å². The second kappa shape index (κ2) is 13.9. The van der Waals surface area contributed by atoms with Crippen molar-refractivity contribution in [1.82, 2.24) is 10.2 Å². The lowest BCUT2D eigenvalue weighted by atomic mass is 10.1. The van der Waals surface area contributed by atoms with Gasteiger partial charge < -0.3 is 15.0 Å². The molecule has 11 heteroatoms. The Hall–Kier alpha value is -3.27. The number of rotatable bonds is 12. The Morgan fingerprint density at radius 2 is 1.55 bits per heavy atom. The summed E-state index contributed by atoms with van der Waals surface area (Å²) >= 11 is 12.8. The van der Waals surface area contributed by atoms with Gasteiger partial charge in [-0.05, 0) is 49.2 Å². The molecule has 214 valence electrons. The Kier molecular flexibility index (Phi) is 10.8. The summed E-state index contributed by atoms with van der Waals surface area (Å²) in [6, 6.07) is 18.2. The number of nitrogens with zero attached hydrogens (tertiary/aromatic N) is 2. The van der Waals surface area contributed by atoms with E-state index >= 15 is 0 Å². The second-order valence-corrected chi connectivity index (χ2v) is 12.2. The fraction of sp³-hybridized carbons (Fsp3) is 0.310. The zero-order valence-electron chi connectivity index (χ0n) is 22.8. The van der Waals surface area contributed by atoms with Crippen LogP contribution in [0.25, 0.3) is 0 Å². The van der Waals surface area contributed by atoms with Gasteiger partial charge in [0.25, 0.3) is 10.0 Å². The van der Waals surface area contributed by atoms with E-state index in [0.29, 0.717) is 27.9 Å². The summed E-state index contributed by atoms with van der Waals surface area (Å²) in [5.41, 5.74) is 0.672. The first-order valence-corrected chi connectivity index (χ1v) is 14.9. The van der Waals surface area contributed by atoms with Gasteiger partial charge in [0.1, 0.15) is 18.3 Å². The van der Waals surface area contributed by atoms with Crippen LogP contribution >= 0.6 is 23.2 Å². The van der Waals surface area contributed by atoms with Gasteiger partial charge in [0.2, 0.25) is 11.8 Å². The van der Waals surface area contributed by atoms with Crippen LogP contribution in [0.5, 0.6) is 5.75 Å². The number of amides is 2. The molecule has 2 amide bonds. The van der Waals surface area contributed by atoms with E-state index < -0.39 is 28.5 Å². The van der Waals surface area contributed by atoms with Gasteiger partial charge in [0.15, 0.2) is 0 Å². The van der Waals surface area contributed by atoms with Crippen molar-refractivity contribution in [2.75, 3.05) is 24.5 Å².